The van der Waals surface area contributed by atoms with E-state index in [0.29, 0.717) is 27.8 Å². The zero-order valence-electron chi connectivity index (χ0n) is 15.1. The van der Waals surface area contributed by atoms with Gasteiger partial charge in [-0.25, -0.2) is 4.79 Å². The molecule has 4 rings (SSSR count). The molecule has 0 saturated heterocycles. The summed E-state index contributed by atoms with van der Waals surface area (Å²) in [6, 6.07) is 7.01. The number of carbonyl (C=O) groups is 1. The molecule has 1 atom stereocenters. The number of methoxy groups -OCH3 is 1. The van der Waals surface area contributed by atoms with Crippen LogP contribution in [0.4, 0.5) is 17.1 Å². The molecule has 142 valence electrons. The average molecular weight is 408 g/mol. The van der Waals surface area contributed by atoms with Crippen molar-refractivity contribution in [3.8, 4) is 5.75 Å². The predicted molar refractivity (Wildman–Crippen MR) is 107 cm³/mol. The molecule has 0 spiro atoms. The molecule has 2 heterocycles. The first-order chi connectivity index (χ1) is 12.8. The molecule has 8 heteroatoms. The Labute approximate surface area is 167 Å². The summed E-state index contributed by atoms with van der Waals surface area (Å²) in [5.41, 5.74) is 3.42. The van der Waals surface area contributed by atoms with Crippen LogP contribution in [0.3, 0.4) is 0 Å². The van der Waals surface area contributed by atoms with E-state index in [0.717, 1.165) is 22.6 Å². The summed E-state index contributed by atoms with van der Waals surface area (Å²) in [5.74, 6) is 0.149. The minimum absolute atomic E-state index is 0.306. The fourth-order valence-corrected chi connectivity index (χ4v) is 3.92. The Bertz CT molecular complexity index is 946. The highest BCUT2D eigenvalue weighted by Crippen LogP contribution is 2.48. The first kappa shape index (κ1) is 18.1. The molecule has 1 unspecified atom stereocenters. The van der Waals surface area contributed by atoms with Crippen LogP contribution in [-0.4, -0.2) is 25.0 Å². The van der Waals surface area contributed by atoms with E-state index in [9.17, 15) is 4.79 Å². The molecule has 2 aromatic carbocycles. The molecular weight excluding hydrogens is 389 g/mol. The molecule has 6 nitrogen and oxygen atoms in total. The summed E-state index contributed by atoms with van der Waals surface area (Å²) in [4.78, 5) is 12.2. The van der Waals surface area contributed by atoms with Gasteiger partial charge in [0.05, 0.1) is 29.2 Å². The highest BCUT2D eigenvalue weighted by Gasteiger charge is 2.39. The summed E-state index contributed by atoms with van der Waals surface area (Å²) in [5, 5.41) is 11.1. The van der Waals surface area contributed by atoms with Gasteiger partial charge < -0.3 is 25.4 Å². The molecular formula is C19H19Cl2N3O3. The van der Waals surface area contributed by atoms with E-state index in [1.165, 1.54) is 7.11 Å². The van der Waals surface area contributed by atoms with Crippen LogP contribution >= 0.6 is 23.2 Å². The Morgan fingerprint density at radius 2 is 2.07 bits per heavy atom. The lowest BCUT2D eigenvalue weighted by Crippen LogP contribution is -2.31. The van der Waals surface area contributed by atoms with E-state index < -0.39 is 11.6 Å². The van der Waals surface area contributed by atoms with Crippen molar-refractivity contribution in [3.05, 3.63) is 45.4 Å². The Balaban J connectivity index is 1.67. The van der Waals surface area contributed by atoms with Crippen LogP contribution in [0.25, 0.3) is 0 Å². The van der Waals surface area contributed by atoms with Gasteiger partial charge in [-0.2, -0.15) is 0 Å². The van der Waals surface area contributed by atoms with Gasteiger partial charge in [0.15, 0.2) is 6.29 Å². The largest absolute Gasteiger partial charge is 0.486 e. The van der Waals surface area contributed by atoms with Crippen LogP contribution in [0.2, 0.25) is 10.0 Å². The number of anilines is 3. The minimum atomic E-state index is -0.425. The van der Waals surface area contributed by atoms with Crippen LogP contribution in [0.15, 0.2) is 24.3 Å². The van der Waals surface area contributed by atoms with E-state index >= 15 is 0 Å². The highest BCUT2D eigenvalue weighted by molar-refractivity contribution is 6.36. The average Bonchev–Trinajstić information content (AvgIpc) is 3.15. The van der Waals surface area contributed by atoms with Gasteiger partial charge >= 0.3 is 5.97 Å². The van der Waals surface area contributed by atoms with E-state index in [4.69, 9.17) is 32.7 Å². The SMILES string of the molecule is COC(=O)c1cc2c(c3c1OC(C)(C)C3)NC(Nc1ccc(Cl)cc1Cl)N2. The topological polar surface area (TPSA) is 71.6 Å². The van der Waals surface area contributed by atoms with Crippen molar-refractivity contribution in [2.75, 3.05) is 23.1 Å². The Hall–Kier alpha value is -2.31. The third kappa shape index (κ3) is 3.24. The van der Waals surface area contributed by atoms with Crippen molar-refractivity contribution in [1.82, 2.24) is 0 Å². The fraction of sp³-hybridized carbons (Fsp3) is 0.316. The van der Waals surface area contributed by atoms with Gasteiger partial charge in [-0.15, -0.1) is 0 Å². The normalized spacial score (nSPS) is 18.6. The molecule has 2 aliphatic heterocycles. The molecule has 2 aromatic rings. The molecule has 27 heavy (non-hydrogen) atoms. The molecule has 0 radical (unpaired) electrons. The molecule has 2 aliphatic rings. The minimum Gasteiger partial charge on any atom is -0.486 e. The van der Waals surface area contributed by atoms with E-state index in [1.54, 1.807) is 18.2 Å². The number of nitrogens with one attached hydrogen (secondary N) is 3. The lowest BCUT2D eigenvalue weighted by atomic mass is 9.98. The second-order valence-electron chi connectivity index (χ2n) is 7.17. The smallest absolute Gasteiger partial charge is 0.341 e. The standard InChI is InChI=1S/C19H19Cl2N3O3/c1-19(2)8-11-15-14(7-10(16(11)27-19)17(25)26-3)23-18(24-15)22-13-5-4-9(20)6-12(13)21/h4-7,18,22-24H,8H2,1-3H3. The van der Waals surface area contributed by atoms with Crippen LogP contribution in [0.1, 0.15) is 29.8 Å². The van der Waals surface area contributed by atoms with Crippen molar-refractivity contribution in [2.24, 2.45) is 0 Å². The quantitative estimate of drug-likeness (QED) is 0.638. The zero-order chi connectivity index (χ0) is 19.3. The van der Waals surface area contributed by atoms with Gasteiger partial charge in [0.25, 0.3) is 0 Å². The number of rotatable bonds is 3. The number of carbonyl (C=O) groups excluding carboxylic acids is 1. The zero-order valence-corrected chi connectivity index (χ0v) is 16.6. The second kappa shape index (κ2) is 6.39. The second-order valence-corrected chi connectivity index (χ2v) is 8.02. The number of benzene rings is 2. The van der Waals surface area contributed by atoms with Crippen LogP contribution < -0.4 is 20.7 Å². The molecule has 0 aliphatic carbocycles. The van der Waals surface area contributed by atoms with Crippen molar-refractivity contribution >= 4 is 46.2 Å². The lowest BCUT2D eigenvalue weighted by molar-refractivity contribution is 0.0590. The Morgan fingerprint density at radius 1 is 1.30 bits per heavy atom. The van der Waals surface area contributed by atoms with E-state index in [2.05, 4.69) is 16.0 Å². The summed E-state index contributed by atoms with van der Waals surface area (Å²) in [6.45, 7) is 3.98. The number of fused-ring (bicyclic) bond motifs is 3. The fourth-order valence-electron chi connectivity index (χ4n) is 3.45. The first-order valence-corrected chi connectivity index (χ1v) is 9.25. The van der Waals surface area contributed by atoms with Gasteiger partial charge in [0.1, 0.15) is 16.9 Å². The van der Waals surface area contributed by atoms with Gasteiger partial charge in [0.2, 0.25) is 0 Å². The van der Waals surface area contributed by atoms with Gasteiger partial charge in [0, 0.05) is 17.0 Å². The summed E-state index contributed by atoms with van der Waals surface area (Å²) in [7, 11) is 1.36. The maximum absolute atomic E-state index is 12.2. The molecule has 0 amide bonds. The molecule has 0 fully saturated rings. The third-order valence-electron chi connectivity index (χ3n) is 4.58. The number of esters is 1. The van der Waals surface area contributed by atoms with Crippen molar-refractivity contribution in [3.63, 3.8) is 0 Å². The van der Waals surface area contributed by atoms with Gasteiger partial charge in [-0.1, -0.05) is 23.2 Å². The Morgan fingerprint density at radius 3 is 2.78 bits per heavy atom. The van der Waals surface area contributed by atoms with Crippen LogP contribution in [0, 0.1) is 0 Å². The van der Waals surface area contributed by atoms with E-state index in [-0.39, 0.29) is 6.29 Å². The van der Waals surface area contributed by atoms with Crippen LogP contribution in [-0.2, 0) is 11.2 Å². The van der Waals surface area contributed by atoms with Gasteiger partial charge in [-0.3, -0.25) is 0 Å². The summed E-state index contributed by atoms with van der Waals surface area (Å²) >= 11 is 12.2. The van der Waals surface area contributed by atoms with E-state index in [1.807, 2.05) is 19.9 Å². The number of halogens is 2. The number of hydrogen-bond acceptors (Lipinski definition) is 6. The third-order valence-corrected chi connectivity index (χ3v) is 5.13. The van der Waals surface area contributed by atoms with Crippen molar-refractivity contribution in [1.29, 1.82) is 0 Å². The molecule has 0 saturated carbocycles. The molecule has 0 aromatic heterocycles. The number of ether oxygens (including phenoxy) is 2. The molecule has 0 bridgehead atoms. The van der Waals surface area contributed by atoms with Crippen molar-refractivity contribution < 1.29 is 14.3 Å². The monoisotopic (exact) mass is 407 g/mol. The van der Waals surface area contributed by atoms with Crippen LogP contribution in [0.5, 0.6) is 5.75 Å². The lowest BCUT2D eigenvalue weighted by Gasteiger charge is -2.18. The highest BCUT2D eigenvalue weighted by atomic mass is 35.5. The summed E-state index contributed by atoms with van der Waals surface area (Å²) < 4.78 is 11.0. The molecule has 3 N–H and O–H groups in total. The predicted octanol–water partition coefficient (Wildman–Crippen LogP) is 4.73. The number of hydrogen-bond donors (Lipinski definition) is 3. The maximum Gasteiger partial charge on any atom is 0.341 e. The Kier molecular flexibility index (Phi) is 4.28. The van der Waals surface area contributed by atoms with Gasteiger partial charge in [-0.05, 0) is 38.1 Å². The summed E-state index contributed by atoms with van der Waals surface area (Å²) in [6.07, 6.45) is 0.373. The first-order valence-electron chi connectivity index (χ1n) is 8.49. The van der Waals surface area contributed by atoms with Crippen molar-refractivity contribution in [2.45, 2.75) is 32.2 Å². The maximum atomic E-state index is 12.2.